The Morgan fingerprint density at radius 3 is 2.55 bits per heavy atom. The largest absolute Gasteiger partial charge is 0.335 e. The van der Waals surface area contributed by atoms with E-state index in [0.29, 0.717) is 12.0 Å². The first-order valence-corrected chi connectivity index (χ1v) is 12.6. The van der Waals surface area contributed by atoms with Gasteiger partial charge in [-0.3, -0.25) is 4.79 Å². The van der Waals surface area contributed by atoms with Crippen molar-refractivity contribution in [1.82, 2.24) is 9.88 Å². The van der Waals surface area contributed by atoms with Crippen LogP contribution in [0.15, 0.2) is 65.7 Å². The van der Waals surface area contributed by atoms with Gasteiger partial charge >= 0.3 is 0 Å². The van der Waals surface area contributed by atoms with Crippen LogP contribution in [-0.4, -0.2) is 28.4 Å². The molecular formula is C27H30N2OS. The zero-order valence-electron chi connectivity index (χ0n) is 18.0. The van der Waals surface area contributed by atoms with Crippen LogP contribution in [0.5, 0.6) is 0 Å². The number of pyridine rings is 1. The molecule has 1 aromatic heterocycles. The lowest BCUT2D eigenvalue weighted by Gasteiger charge is -2.34. The van der Waals surface area contributed by atoms with E-state index in [9.17, 15) is 4.79 Å². The summed E-state index contributed by atoms with van der Waals surface area (Å²) >= 11 is 1.74. The number of nitrogens with zero attached hydrogens (tertiary/aromatic N) is 2. The molecule has 0 spiro atoms. The fourth-order valence-corrected chi connectivity index (χ4v) is 6.08. The summed E-state index contributed by atoms with van der Waals surface area (Å²) in [6.07, 6.45) is 8.97. The molecule has 0 bridgehead atoms. The van der Waals surface area contributed by atoms with Gasteiger partial charge < -0.3 is 4.90 Å². The van der Waals surface area contributed by atoms with E-state index in [4.69, 9.17) is 4.98 Å². The Morgan fingerprint density at radius 2 is 1.71 bits per heavy atom. The van der Waals surface area contributed by atoms with E-state index in [1.54, 1.807) is 11.8 Å². The van der Waals surface area contributed by atoms with Crippen molar-refractivity contribution in [3.63, 3.8) is 0 Å². The molecule has 31 heavy (non-hydrogen) atoms. The van der Waals surface area contributed by atoms with Crippen molar-refractivity contribution in [3.05, 3.63) is 71.8 Å². The van der Waals surface area contributed by atoms with Gasteiger partial charge in [-0.15, -0.1) is 11.8 Å². The maximum absolute atomic E-state index is 13.2. The van der Waals surface area contributed by atoms with Gasteiger partial charge in [0, 0.05) is 29.3 Å². The Labute approximate surface area is 189 Å². The third-order valence-electron chi connectivity index (χ3n) is 6.91. The summed E-state index contributed by atoms with van der Waals surface area (Å²) in [6.45, 7) is 0.922. The summed E-state index contributed by atoms with van der Waals surface area (Å²) in [4.78, 5) is 20.1. The van der Waals surface area contributed by atoms with E-state index in [1.165, 1.54) is 49.5 Å². The number of rotatable bonds is 5. The molecule has 5 rings (SSSR count). The number of carbonyl (C=O) groups is 1. The molecule has 2 fully saturated rings. The number of para-hydroxylation sites is 1. The van der Waals surface area contributed by atoms with Gasteiger partial charge in [-0.1, -0.05) is 55.7 Å². The van der Waals surface area contributed by atoms with E-state index < -0.39 is 0 Å². The Bertz CT molecular complexity index is 1040. The maximum atomic E-state index is 13.2. The molecule has 1 amide bonds. The van der Waals surface area contributed by atoms with Crippen molar-refractivity contribution in [2.45, 2.75) is 61.8 Å². The van der Waals surface area contributed by atoms with Crippen LogP contribution in [0.25, 0.3) is 10.9 Å². The van der Waals surface area contributed by atoms with E-state index >= 15 is 0 Å². The molecule has 1 saturated carbocycles. The molecule has 1 aliphatic heterocycles. The predicted molar refractivity (Wildman–Crippen MR) is 128 cm³/mol. The highest BCUT2D eigenvalue weighted by Gasteiger charge is 2.35. The van der Waals surface area contributed by atoms with Crippen LogP contribution in [0.2, 0.25) is 0 Å². The molecule has 3 nitrogen and oxygen atoms in total. The Hall–Kier alpha value is -2.33. The molecule has 3 aromatic rings. The lowest BCUT2D eigenvalue weighted by molar-refractivity contribution is 0.0661. The fraction of sp³-hybridized carbons (Fsp3) is 0.407. The minimum absolute atomic E-state index is 0.225. The van der Waals surface area contributed by atoms with Gasteiger partial charge in [0.2, 0.25) is 0 Å². The van der Waals surface area contributed by atoms with Crippen LogP contribution in [0.3, 0.4) is 0 Å². The number of likely N-dealkylation sites (tertiary alicyclic amines) is 1. The average Bonchev–Trinajstić information content (AvgIpc) is 3.33. The van der Waals surface area contributed by atoms with Crippen molar-refractivity contribution in [2.75, 3.05) is 6.54 Å². The molecule has 2 aromatic carbocycles. The van der Waals surface area contributed by atoms with E-state index in [-0.39, 0.29) is 5.91 Å². The Balaban J connectivity index is 1.22. The van der Waals surface area contributed by atoms with Crippen molar-refractivity contribution < 1.29 is 4.79 Å². The van der Waals surface area contributed by atoms with Crippen LogP contribution in [0.1, 0.15) is 60.9 Å². The summed E-state index contributed by atoms with van der Waals surface area (Å²) in [7, 11) is 0. The van der Waals surface area contributed by atoms with Crippen molar-refractivity contribution in [3.8, 4) is 0 Å². The molecule has 160 valence electrons. The summed E-state index contributed by atoms with van der Waals surface area (Å²) in [5, 5.41) is 2.20. The SMILES string of the molecule is O=C(c1ccc(CSc2ccc3ccccc3n2)cc1)N1CCCC1C1CCCCC1. The van der Waals surface area contributed by atoms with Crippen molar-refractivity contribution in [2.24, 2.45) is 5.92 Å². The van der Waals surface area contributed by atoms with E-state index in [1.807, 2.05) is 24.3 Å². The number of fused-ring (bicyclic) bond motifs is 1. The molecule has 2 aliphatic rings. The standard InChI is InChI=1S/C27H30N2OS/c30-27(29-18-6-11-25(29)22-8-2-1-3-9-22)23-14-12-20(13-15-23)19-31-26-17-16-21-7-4-5-10-24(21)28-26/h4-5,7,10,12-17,22,25H,1-3,6,8-9,11,18-19H2. The summed E-state index contributed by atoms with van der Waals surface area (Å²) < 4.78 is 0. The van der Waals surface area contributed by atoms with E-state index in [0.717, 1.165) is 34.8 Å². The highest BCUT2D eigenvalue weighted by Crippen LogP contribution is 2.35. The van der Waals surface area contributed by atoms with Crippen LogP contribution in [0, 0.1) is 5.92 Å². The number of aromatic nitrogens is 1. The van der Waals surface area contributed by atoms with Gasteiger partial charge in [0.1, 0.15) is 0 Å². The molecule has 4 heteroatoms. The molecule has 1 atom stereocenters. The third-order valence-corrected chi connectivity index (χ3v) is 7.92. The zero-order valence-corrected chi connectivity index (χ0v) is 18.8. The van der Waals surface area contributed by atoms with E-state index in [2.05, 4.69) is 41.3 Å². The molecule has 0 N–H and O–H groups in total. The second kappa shape index (κ2) is 9.44. The topological polar surface area (TPSA) is 33.2 Å². The molecule has 1 unspecified atom stereocenters. The molecule has 0 radical (unpaired) electrons. The monoisotopic (exact) mass is 430 g/mol. The summed E-state index contributed by atoms with van der Waals surface area (Å²) in [5.74, 6) is 1.79. The lowest BCUT2D eigenvalue weighted by Crippen LogP contribution is -2.40. The highest BCUT2D eigenvalue weighted by molar-refractivity contribution is 7.98. The normalized spacial score (nSPS) is 19.7. The second-order valence-electron chi connectivity index (χ2n) is 8.93. The summed E-state index contributed by atoms with van der Waals surface area (Å²) in [5.41, 5.74) is 3.09. The molecule has 1 saturated heterocycles. The number of benzene rings is 2. The van der Waals surface area contributed by atoms with Gasteiger partial charge in [-0.25, -0.2) is 4.98 Å². The average molecular weight is 431 g/mol. The zero-order chi connectivity index (χ0) is 21.0. The van der Waals surface area contributed by atoms with Gasteiger partial charge in [-0.2, -0.15) is 0 Å². The minimum atomic E-state index is 0.225. The van der Waals surface area contributed by atoms with Crippen LogP contribution in [0.4, 0.5) is 0 Å². The number of thioether (sulfide) groups is 1. The van der Waals surface area contributed by atoms with Gasteiger partial charge in [0.15, 0.2) is 0 Å². The smallest absolute Gasteiger partial charge is 0.254 e. The molecular weight excluding hydrogens is 400 g/mol. The quantitative estimate of drug-likeness (QED) is 0.422. The molecule has 2 heterocycles. The predicted octanol–water partition coefficient (Wildman–Crippen LogP) is 6.71. The Morgan fingerprint density at radius 1 is 0.903 bits per heavy atom. The van der Waals surface area contributed by atoms with Crippen LogP contribution < -0.4 is 0 Å². The maximum Gasteiger partial charge on any atom is 0.254 e. The van der Waals surface area contributed by atoms with Crippen LogP contribution >= 0.6 is 11.8 Å². The highest BCUT2D eigenvalue weighted by atomic mass is 32.2. The number of hydrogen-bond acceptors (Lipinski definition) is 3. The third kappa shape index (κ3) is 4.64. The van der Waals surface area contributed by atoms with Crippen molar-refractivity contribution >= 4 is 28.6 Å². The van der Waals surface area contributed by atoms with Gasteiger partial charge in [0.25, 0.3) is 5.91 Å². The first-order chi connectivity index (χ1) is 15.3. The first-order valence-electron chi connectivity index (χ1n) is 11.7. The van der Waals surface area contributed by atoms with Crippen LogP contribution in [-0.2, 0) is 5.75 Å². The summed E-state index contributed by atoms with van der Waals surface area (Å²) in [6, 6.07) is 21.1. The molecule has 1 aliphatic carbocycles. The number of hydrogen-bond donors (Lipinski definition) is 0. The minimum Gasteiger partial charge on any atom is -0.335 e. The first kappa shape index (κ1) is 20.6. The van der Waals surface area contributed by atoms with Crippen molar-refractivity contribution in [1.29, 1.82) is 0 Å². The Kier molecular flexibility index (Phi) is 6.26. The van der Waals surface area contributed by atoms with Gasteiger partial charge in [-0.05, 0) is 61.4 Å². The second-order valence-corrected chi connectivity index (χ2v) is 9.93. The number of amides is 1. The van der Waals surface area contributed by atoms with Gasteiger partial charge in [0.05, 0.1) is 10.5 Å². The fourth-order valence-electron chi connectivity index (χ4n) is 5.25. The lowest BCUT2D eigenvalue weighted by atomic mass is 9.83. The number of carbonyl (C=O) groups excluding carboxylic acids is 1.